The van der Waals surface area contributed by atoms with Crippen LogP contribution in [0.1, 0.15) is 30.4 Å². The fraction of sp³-hybridized carbons (Fsp3) is 0.286. The molecular formula is C28H30N4O. The molecule has 1 aromatic heterocycles. The van der Waals surface area contributed by atoms with E-state index in [0.29, 0.717) is 0 Å². The van der Waals surface area contributed by atoms with Gasteiger partial charge >= 0.3 is 0 Å². The quantitative estimate of drug-likeness (QED) is 0.349. The third-order valence-corrected chi connectivity index (χ3v) is 6.35. The highest BCUT2D eigenvalue weighted by Gasteiger charge is 2.13. The zero-order valence-electron chi connectivity index (χ0n) is 19.1. The van der Waals surface area contributed by atoms with Gasteiger partial charge in [0.2, 0.25) is 0 Å². The molecule has 0 saturated carbocycles. The average Bonchev–Trinajstić information content (AvgIpc) is 2.86. The molecule has 1 saturated heterocycles. The number of nitrogens with zero attached hydrogens (tertiary/aromatic N) is 2. The van der Waals surface area contributed by atoms with Crippen LogP contribution in [0.2, 0.25) is 0 Å². The third-order valence-electron chi connectivity index (χ3n) is 6.35. The molecule has 33 heavy (non-hydrogen) atoms. The van der Waals surface area contributed by atoms with Crippen molar-refractivity contribution in [1.29, 1.82) is 0 Å². The van der Waals surface area contributed by atoms with Gasteiger partial charge in [-0.3, -0.25) is 0 Å². The maximum Gasteiger partial charge on any atom is 0.141 e. The van der Waals surface area contributed by atoms with Crippen LogP contribution in [0.4, 0.5) is 11.5 Å². The number of ether oxygens (including phenoxy) is 1. The van der Waals surface area contributed by atoms with Gasteiger partial charge in [0.1, 0.15) is 23.6 Å². The summed E-state index contributed by atoms with van der Waals surface area (Å²) in [5.41, 5.74) is 4.33. The highest BCUT2D eigenvalue weighted by atomic mass is 16.5. The molecule has 0 amide bonds. The number of anilines is 2. The molecular weight excluding hydrogens is 408 g/mol. The van der Waals surface area contributed by atoms with Gasteiger partial charge in [0, 0.05) is 11.1 Å². The van der Waals surface area contributed by atoms with Crippen molar-refractivity contribution in [3.63, 3.8) is 0 Å². The SMILES string of the molecule is Cc1cc(Nc2ncnc3ccc(CCC4CCCNC4)cc23)ccc1Oc1ccccc1. The lowest BCUT2D eigenvalue weighted by molar-refractivity contribution is 0.358. The van der Waals surface area contributed by atoms with Gasteiger partial charge < -0.3 is 15.4 Å². The molecule has 168 valence electrons. The van der Waals surface area contributed by atoms with Crippen molar-refractivity contribution in [2.24, 2.45) is 5.92 Å². The molecule has 1 aliphatic heterocycles. The lowest BCUT2D eigenvalue weighted by Crippen LogP contribution is -2.29. The van der Waals surface area contributed by atoms with Gasteiger partial charge in [-0.25, -0.2) is 9.97 Å². The first-order chi connectivity index (χ1) is 16.2. The molecule has 1 aliphatic rings. The number of nitrogens with one attached hydrogen (secondary N) is 2. The molecule has 5 nitrogen and oxygen atoms in total. The maximum atomic E-state index is 6.02. The summed E-state index contributed by atoms with van der Waals surface area (Å²) in [4.78, 5) is 9.02. The summed E-state index contributed by atoms with van der Waals surface area (Å²) in [6.45, 7) is 4.37. The van der Waals surface area contributed by atoms with E-state index in [1.54, 1.807) is 6.33 Å². The Morgan fingerprint density at radius 2 is 1.94 bits per heavy atom. The summed E-state index contributed by atoms with van der Waals surface area (Å²) < 4.78 is 6.02. The van der Waals surface area contributed by atoms with Gasteiger partial charge in [0.15, 0.2) is 0 Å². The Morgan fingerprint density at radius 3 is 2.76 bits per heavy atom. The maximum absolute atomic E-state index is 6.02. The van der Waals surface area contributed by atoms with Crippen molar-refractivity contribution >= 4 is 22.4 Å². The summed E-state index contributed by atoms with van der Waals surface area (Å²) in [6, 6.07) is 22.5. The molecule has 0 aliphatic carbocycles. The Labute approximate surface area is 195 Å². The number of piperidine rings is 1. The summed E-state index contributed by atoms with van der Waals surface area (Å²) >= 11 is 0. The highest BCUT2D eigenvalue weighted by Crippen LogP contribution is 2.30. The average molecular weight is 439 g/mol. The number of benzene rings is 3. The topological polar surface area (TPSA) is 59.1 Å². The second-order valence-electron chi connectivity index (χ2n) is 8.85. The Bertz CT molecular complexity index is 1220. The third kappa shape index (κ3) is 5.32. The first-order valence-electron chi connectivity index (χ1n) is 11.8. The molecule has 3 aromatic carbocycles. The van der Waals surface area contributed by atoms with Crippen LogP contribution >= 0.6 is 0 Å². The van der Waals surface area contributed by atoms with Gasteiger partial charge in [0.25, 0.3) is 0 Å². The number of hydrogen-bond donors (Lipinski definition) is 2. The molecule has 5 rings (SSSR count). The zero-order chi connectivity index (χ0) is 22.5. The molecule has 1 fully saturated rings. The minimum absolute atomic E-state index is 0.777. The van der Waals surface area contributed by atoms with Crippen LogP contribution in [0.25, 0.3) is 10.9 Å². The van der Waals surface area contributed by atoms with E-state index in [1.807, 2.05) is 42.5 Å². The van der Waals surface area contributed by atoms with E-state index < -0.39 is 0 Å². The molecule has 5 heteroatoms. The van der Waals surface area contributed by atoms with Crippen molar-refractivity contribution in [3.05, 3.63) is 84.2 Å². The zero-order valence-corrected chi connectivity index (χ0v) is 19.1. The van der Waals surface area contributed by atoms with Gasteiger partial charge in [-0.15, -0.1) is 0 Å². The lowest BCUT2D eigenvalue weighted by Gasteiger charge is -2.22. The Balaban J connectivity index is 1.33. The van der Waals surface area contributed by atoms with Gasteiger partial charge in [-0.2, -0.15) is 0 Å². The van der Waals surface area contributed by atoms with E-state index in [0.717, 1.165) is 64.9 Å². The predicted octanol–water partition coefficient (Wildman–Crippen LogP) is 6.41. The largest absolute Gasteiger partial charge is 0.457 e. The van der Waals surface area contributed by atoms with Crippen LogP contribution in [0.5, 0.6) is 11.5 Å². The van der Waals surface area contributed by atoms with Gasteiger partial charge in [-0.1, -0.05) is 24.3 Å². The minimum Gasteiger partial charge on any atom is -0.457 e. The molecule has 2 heterocycles. The van der Waals surface area contributed by atoms with E-state index >= 15 is 0 Å². The normalized spacial score (nSPS) is 16.0. The molecule has 4 aromatic rings. The fourth-order valence-corrected chi connectivity index (χ4v) is 4.49. The van der Waals surface area contributed by atoms with E-state index in [1.165, 1.54) is 24.8 Å². The molecule has 0 radical (unpaired) electrons. The Hall–Kier alpha value is -3.44. The summed E-state index contributed by atoms with van der Waals surface area (Å²) in [5.74, 6) is 3.29. The molecule has 2 N–H and O–H groups in total. The Kier molecular flexibility index (Phi) is 6.49. The molecule has 1 atom stereocenters. The van der Waals surface area contributed by atoms with E-state index in [2.05, 4.69) is 51.8 Å². The Morgan fingerprint density at radius 1 is 1.03 bits per heavy atom. The number of rotatable bonds is 7. The summed E-state index contributed by atoms with van der Waals surface area (Å²) in [5, 5.41) is 8.07. The summed E-state index contributed by atoms with van der Waals surface area (Å²) in [6.07, 6.45) is 6.55. The summed E-state index contributed by atoms with van der Waals surface area (Å²) in [7, 11) is 0. The lowest BCUT2D eigenvalue weighted by atomic mass is 9.92. The monoisotopic (exact) mass is 438 g/mol. The van der Waals surface area contributed by atoms with Crippen LogP contribution in [-0.4, -0.2) is 23.1 Å². The van der Waals surface area contributed by atoms with Crippen LogP contribution in [0.3, 0.4) is 0 Å². The highest BCUT2D eigenvalue weighted by molar-refractivity contribution is 5.91. The van der Waals surface area contributed by atoms with E-state index in [4.69, 9.17) is 4.74 Å². The minimum atomic E-state index is 0.777. The number of hydrogen-bond acceptors (Lipinski definition) is 5. The second-order valence-corrected chi connectivity index (χ2v) is 8.85. The predicted molar refractivity (Wildman–Crippen MR) is 134 cm³/mol. The van der Waals surface area contributed by atoms with E-state index in [9.17, 15) is 0 Å². The molecule has 0 bridgehead atoms. The smallest absolute Gasteiger partial charge is 0.141 e. The van der Waals surface area contributed by atoms with Crippen LogP contribution in [-0.2, 0) is 6.42 Å². The van der Waals surface area contributed by atoms with Crippen molar-refractivity contribution in [3.8, 4) is 11.5 Å². The van der Waals surface area contributed by atoms with Crippen molar-refractivity contribution in [2.45, 2.75) is 32.6 Å². The van der Waals surface area contributed by atoms with Crippen molar-refractivity contribution in [1.82, 2.24) is 15.3 Å². The van der Waals surface area contributed by atoms with Crippen LogP contribution in [0, 0.1) is 12.8 Å². The number of aromatic nitrogens is 2. The van der Waals surface area contributed by atoms with Gasteiger partial charge in [-0.05, 0) is 105 Å². The van der Waals surface area contributed by atoms with Crippen LogP contribution in [0.15, 0.2) is 73.1 Å². The van der Waals surface area contributed by atoms with Crippen molar-refractivity contribution in [2.75, 3.05) is 18.4 Å². The first-order valence-corrected chi connectivity index (χ1v) is 11.8. The number of aryl methyl sites for hydroxylation is 2. The van der Waals surface area contributed by atoms with Crippen LogP contribution < -0.4 is 15.4 Å². The van der Waals surface area contributed by atoms with E-state index in [-0.39, 0.29) is 0 Å². The van der Waals surface area contributed by atoms with Gasteiger partial charge in [0.05, 0.1) is 5.52 Å². The fourth-order valence-electron chi connectivity index (χ4n) is 4.49. The molecule has 0 spiro atoms. The van der Waals surface area contributed by atoms with Crippen molar-refractivity contribution < 1.29 is 4.74 Å². The second kappa shape index (κ2) is 10.0. The first kappa shape index (κ1) is 21.4. The molecule has 1 unspecified atom stereocenters. The standard InChI is InChI=1S/C28H30N4O/c1-20-16-23(12-14-27(20)33-24-7-3-2-4-8-24)32-28-25-17-21(11-13-26(25)30-19-31-28)9-10-22-6-5-15-29-18-22/h2-4,7-8,11-14,16-17,19,22,29H,5-6,9-10,15,18H2,1H3,(H,30,31,32). The number of fused-ring (bicyclic) bond motifs is 1. The number of para-hydroxylation sites is 1.